The lowest BCUT2D eigenvalue weighted by molar-refractivity contribution is -0.149. The lowest BCUT2D eigenvalue weighted by Crippen LogP contribution is -2.62. The van der Waals surface area contributed by atoms with E-state index in [-0.39, 0.29) is 23.9 Å². The molecule has 2 unspecified atom stereocenters. The Labute approximate surface area is 110 Å². The van der Waals surface area contributed by atoms with Crippen LogP contribution in [0.4, 0.5) is 0 Å². The monoisotopic (exact) mass is 264 g/mol. The Bertz CT molecular complexity index is 467. The van der Waals surface area contributed by atoms with Crippen LogP contribution in [0.5, 0.6) is 0 Å². The Kier molecular flexibility index (Phi) is 2.86. The molecule has 5 heteroatoms. The quantitative estimate of drug-likeness (QED) is 0.896. The Morgan fingerprint density at radius 2 is 2.22 bits per heavy atom. The van der Waals surface area contributed by atoms with Gasteiger partial charge in [-0.15, -0.1) is 11.3 Å². The van der Waals surface area contributed by atoms with Crippen LogP contribution in [-0.2, 0) is 16.1 Å². The molecular formula is C13H16N2O2S. The van der Waals surface area contributed by atoms with E-state index in [1.54, 1.807) is 23.2 Å². The van der Waals surface area contributed by atoms with E-state index in [2.05, 4.69) is 5.32 Å². The van der Waals surface area contributed by atoms with Gasteiger partial charge in [0, 0.05) is 4.88 Å². The first-order valence-electron chi connectivity index (χ1n) is 6.30. The van der Waals surface area contributed by atoms with Gasteiger partial charge in [-0.05, 0) is 37.1 Å². The third kappa shape index (κ3) is 2.03. The summed E-state index contributed by atoms with van der Waals surface area (Å²) in [7, 11) is 0. The van der Waals surface area contributed by atoms with Crippen molar-refractivity contribution in [2.45, 2.75) is 38.4 Å². The molecule has 1 saturated heterocycles. The molecule has 1 aromatic heterocycles. The number of piperazine rings is 1. The van der Waals surface area contributed by atoms with Crippen LogP contribution < -0.4 is 5.32 Å². The largest absolute Gasteiger partial charge is 0.342 e. The summed E-state index contributed by atoms with van der Waals surface area (Å²) < 4.78 is 0. The molecule has 96 valence electrons. The van der Waals surface area contributed by atoms with E-state index in [0.29, 0.717) is 12.5 Å². The standard InChI is InChI=1S/C13H16N2O2S/c1-8-12(16)14-11(9-4-5-9)13(17)15(8)7-10-3-2-6-18-10/h2-3,6,8-9,11H,4-5,7H2,1H3,(H,14,16). The van der Waals surface area contributed by atoms with Gasteiger partial charge in [-0.2, -0.15) is 0 Å². The van der Waals surface area contributed by atoms with Crippen molar-refractivity contribution in [2.75, 3.05) is 0 Å². The van der Waals surface area contributed by atoms with Gasteiger partial charge in [-0.3, -0.25) is 9.59 Å². The molecule has 1 aliphatic carbocycles. The molecule has 18 heavy (non-hydrogen) atoms. The minimum absolute atomic E-state index is 0.0249. The Balaban J connectivity index is 1.80. The molecule has 2 fully saturated rings. The summed E-state index contributed by atoms with van der Waals surface area (Å²) in [6.45, 7) is 2.35. The molecule has 0 spiro atoms. The Morgan fingerprint density at radius 3 is 2.83 bits per heavy atom. The zero-order valence-electron chi connectivity index (χ0n) is 10.3. The van der Waals surface area contributed by atoms with Crippen LogP contribution in [-0.4, -0.2) is 28.8 Å². The number of nitrogens with zero attached hydrogens (tertiary/aromatic N) is 1. The maximum atomic E-state index is 12.4. The first-order valence-corrected chi connectivity index (χ1v) is 7.18. The van der Waals surface area contributed by atoms with Crippen LogP contribution in [0, 0.1) is 5.92 Å². The molecule has 1 aliphatic heterocycles. The highest BCUT2D eigenvalue weighted by molar-refractivity contribution is 7.09. The van der Waals surface area contributed by atoms with Crippen molar-refractivity contribution < 1.29 is 9.59 Å². The normalized spacial score (nSPS) is 28.4. The van der Waals surface area contributed by atoms with E-state index in [1.807, 2.05) is 17.5 Å². The number of amides is 2. The lowest BCUT2D eigenvalue weighted by atomic mass is 10.0. The molecule has 1 aromatic rings. The van der Waals surface area contributed by atoms with Crippen LogP contribution in [0.15, 0.2) is 17.5 Å². The maximum absolute atomic E-state index is 12.4. The fourth-order valence-electron chi connectivity index (χ4n) is 2.38. The second-order valence-electron chi connectivity index (χ2n) is 5.05. The smallest absolute Gasteiger partial charge is 0.246 e. The minimum atomic E-state index is -0.366. The van der Waals surface area contributed by atoms with Gasteiger partial charge >= 0.3 is 0 Å². The van der Waals surface area contributed by atoms with Crippen molar-refractivity contribution in [3.05, 3.63) is 22.4 Å². The number of hydrogen-bond donors (Lipinski definition) is 1. The molecule has 1 saturated carbocycles. The van der Waals surface area contributed by atoms with Gasteiger partial charge in [0.1, 0.15) is 12.1 Å². The van der Waals surface area contributed by atoms with E-state index in [9.17, 15) is 9.59 Å². The SMILES string of the molecule is CC1C(=O)NC(C2CC2)C(=O)N1Cc1cccs1. The van der Waals surface area contributed by atoms with Gasteiger partial charge < -0.3 is 10.2 Å². The highest BCUT2D eigenvalue weighted by Crippen LogP contribution is 2.35. The van der Waals surface area contributed by atoms with Gasteiger partial charge in [0.05, 0.1) is 6.54 Å². The van der Waals surface area contributed by atoms with Gasteiger partial charge in [-0.25, -0.2) is 0 Å². The van der Waals surface area contributed by atoms with E-state index < -0.39 is 0 Å². The number of carbonyl (C=O) groups excluding carboxylic acids is 2. The molecule has 0 bridgehead atoms. The van der Waals surface area contributed by atoms with Crippen LogP contribution in [0.1, 0.15) is 24.6 Å². The van der Waals surface area contributed by atoms with Crippen LogP contribution >= 0.6 is 11.3 Å². The summed E-state index contributed by atoms with van der Waals surface area (Å²) in [4.78, 5) is 27.2. The van der Waals surface area contributed by atoms with Gasteiger partial charge in [-0.1, -0.05) is 6.07 Å². The van der Waals surface area contributed by atoms with Crippen molar-refractivity contribution >= 4 is 23.2 Å². The molecule has 0 aromatic carbocycles. The first kappa shape index (κ1) is 11.7. The third-order valence-electron chi connectivity index (χ3n) is 3.69. The highest BCUT2D eigenvalue weighted by atomic mass is 32.1. The number of thiophene rings is 1. The summed E-state index contributed by atoms with van der Waals surface area (Å²) in [6.07, 6.45) is 2.11. The Hall–Kier alpha value is -1.36. The number of hydrogen-bond acceptors (Lipinski definition) is 3. The molecular weight excluding hydrogens is 248 g/mol. The van der Waals surface area contributed by atoms with Crippen molar-refractivity contribution in [1.29, 1.82) is 0 Å². The van der Waals surface area contributed by atoms with E-state index in [1.165, 1.54) is 0 Å². The second kappa shape index (κ2) is 4.39. The average Bonchev–Trinajstić information content (AvgIpc) is 3.07. The molecule has 0 radical (unpaired) electrons. The fraction of sp³-hybridized carbons (Fsp3) is 0.538. The molecule has 2 amide bonds. The molecule has 4 nitrogen and oxygen atoms in total. The van der Waals surface area contributed by atoms with Crippen molar-refractivity contribution in [2.24, 2.45) is 5.92 Å². The van der Waals surface area contributed by atoms with Gasteiger partial charge in [0.2, 0.25) is 11.8 Å². The molecule has 2 heterocycles. The Morgan fingerprint density at radius 1 is 1.44 bits per heavy atom. The van der Waals surface area contributed by atoms with Gasteiger partial charge in [0.15, 0.2) is 0 Å². The fourth-order valence-corrected chi connectivity index (χ4v) is 3.08. The summed E-state index contributed by atoms with van der Waals surface area (Å²) in [5.74, 6) is 0.417. The van der Waals surface area contributed by atoms with Crippen LogP contribution in [0.2, 0.25) is 0 Å². The van der Waals surface area contributed by atoms with E-state index in [0.717, 1.165) is 17.7 Å². The van der Waals surface area contributed by atoms with E-state index in [4.69, 9.17) is 0 Å². The summed E-state index contributed by atoms with van der Waals surface area (Å²) in [5, 5.41) is 4.85. The number of carbonyl (C=O) groups is 2. The first-order chi connectivity index (χ1) is 8.66. The molecule has 1 N–H and O–H groups in total. The summed E-state index contributed by atoms with van der Waals surface area (Å²) in [6, 6.07) is 3.32. The predicted octanol–water partition coefficient (Wildman–Crippen LogP) is 1.37. The van der Waals surface area contributed by atoms with Crippen molar-refractivity contribution in [3.63, 3.8) is 0 Å². The highest BCUT2D eigenvalue weighted by Gasteiger charge is 2.45. The summed E-state index contributed by atoms with van der Waals surface area (Å²) in [5.41, 5.74) is 0. The zero-order chi connectivity index (χ0) is 12.7. The summed E-state index contributed by atoms with van der Waals surface area (Å²) >= 11 is 1.62. The van der Waals surface area contributed by atoms with E-state index >= 15 is 0 Å². The minimum Gasteiger partial charge on any atom is -0.342 e. The third-order valence-corrected chi connectivity index (χ3v) is 4.55. The van der Waals surface area contributed by atoms with Crippen molar-refractivity contribution in [3.8, 4) is 0 Å². The second-order valence-corrected chi connectivity index (χ2v) is 6.08. The number of nitrogens with one attached hydrogen (secondary N) is 1. The zero-order valence-corrected chi connectivity index (χ0v) is 11.1. The van der Waals surface area contributed by atoms with Crippen LogP contribution in [0.3, 0.4) is 0 Å². The van der Waals surface area contributed by atoms with Gasteiger partial charge in [0.25, 0.3) is 0 Å². The maximum Gasteiger partial charge on any atom is 0.246 e. The van der Waals surface area contributed by atoms with Crippen molar-refractivity contribution in [1.82, 2.24) is 10.2 Å². The van der Waals surface area contributed by atoms with Crippen LogP contribution in [0.25, 0.3) is 0 Å². The molecule has 3 rings (SSSR count). The predicted molar refractivity (Wildman–Crippen MR) is 69.0 cm³/mol. The topological polar surface area (TPSA) is 49.4 Å². The number of rotatable bonds is 3. The molecule has 2 aliphatic rings. The molecule has 2 atom stereocenters. The lowest BCUT2D eigenvalue weighted by Gasteiger charge is -2.37. The average molecular weight is 264 g/mol.